The Balaban J connectivity index is 2.10. The monoisotopic (exact) mass is 221 g/mol. The van der Waals surface area contributed by atoms with Gasteiger partial charge in [-0.2, -0.15) is 0 Å². The normalized spacial score (nSPS) is 15.7. The largest absolute Gasteiger partial charge is 0.335 e. The molecule has 1 saturated heterocycles. The highest BCUT2D eigenvalue weighted by molar-refractivity contribution is 5.95. The van der Waals surface area contributed by atoms with Crippen molar-refractivity contribution < 1.29 is 9.72 Å². The van der Waals surface area contributed by atoms with Gasteiger partial charge in [-0.05, 0) is 12.1 Å². The van der Waals surface area contributed by atoms with Crippen molar-refractivity contribution in [2.45, 2.75) is 6.04 Å². The smallest absolute Gasteiger partial charge is 0.269 e. The minimum atomic E-state index is -0.492. The third-order valence-corrected chi connectivity index (χ3v) is 2.52. The molecule has 0 atom stereocenters. The van der Waals surface area contributed by atoms with Gasteiger partial charge < -0.3 is 10.6 Å². The molecular weight excluding hydrogens is 210 g/mol. The van der Waals surface area contributed by atoms with Gasteiger partial charge >= 0.3 is 0 Å². The number of carbonyl (C=O) groups is 1. The molecule has 0 aromatic heterocycles. The van der Waals surface area contributed by atoms with Crippen molar-refractivity contribution in [3.05, 3.63) is 39.9 Å². The maximum Gasteiger partial charge on any atom is 0.269 e. The number of amides is 1. The SMILES string of the molecule is NC1CN(C(=O)c2ccc([N+](=O)[O-])cc2)C1. The van der Waals surface area contributed by atoms with Gasteiger partial charge in [-0.1, -0.05) is 0 Å². The van der Waals surface area contributed by atoms with Crippen molar-refractivity contribution in [3.63, 3.8) is 0 Å². The van der Waals surface area contributed by atoms with Crippen molar-refractivity contribution in [1.82, 2.24) is 4.90 Å². The fraction of sp³-hybridized carbons (Fsp3) is 0.300. The number of carbonyl (C=O) groups excluding carboxylic acids is 1. The molecule has 0 aliphatic carbocycles. The first kappa shape index (κ1) is 10.6. The summed E-state index contributed by atoms with van der Waals surface area (Å²) in [6.45, 7) is 1.10. The number of rotatable bonds is 2. The summed E-state index contributed by atoms with van der Waals surface area (Å²) in [5, 5.41) is 10.4. The topological polar surface area (TPSA) is 89.5 Å². The fourth-order valence-electron chi connectivity index (χ4n) is 1.59. The molecule has 1 amide bonds. The molecule has 1 aliphatic rings. The van der Waals surface area contributed by atoms with Gasteiger partial charge in [0, 0.05) is 36.8 Å². The zero-order chi connectivity index (χ0) is 11.7. The van der Waals surface area contributed by atoms with E-state index in [-0.39, 0.29) is 17.6 Å². The highest BCUT2D eigenvalue weighted by Gasteiger charge is 2.28. The van der Waals surface area contributed by atoms with Crippen LogP contribution in [0.4, 0.5) is 5.69 Å². The molecule has 0 saturated carbocycles. The number of likely N-dealkylation sites (tertiary alicyclic amines) is 1. The van der Waals surface area contributed by atoms with E-state index in [0.717, 1.165) is 0 Å². The zero-order valence-corrected chi connectivity index (χ0v) is 8.50. The Bertz CT molecular complexity index is 423. The summed E-state index contributed by atoms with van der Waals surface area (Å²) in [4.78, 5) is 23.3. The number of nitro benzene ring substituents is 1. The van der Waals surface area contributed by atoms with E-state index in [1.165, 1.54) is 24.3 Å². The molecule has 1 aromatic carbocycles. The van der Waals surface area contributed by atoms with E-state index < -0.39 is 4.92 Å². The van der Waals surface area contributed by atoms with Gasteiger partial charge in [0.25, 0.3) is 11.6 Å². The zero-order valence-electron chi connectivity index (χ0n) is 8.50. The number of non-ortho nitro benzene ring substituents is 1. The molecule has 6 heteroatoms. The Kier molecular flexibility index (Phi) is 2.57. The van der Waals surface area contributed by atoms with Crippen LogP contribution >= 0.6 is 0 Å². The van der Waals surface area contributed by atoms with Crippen molar-refractivity contribution in [3.8, 4) is 0 Å². The van der Waals surface area contributed by atoms with Gasteiger partial charge in [-0.25, -0.2) is 0 Å². The highest BCUT2D eigenvalue weighted by atomic mass is 16.6. The lowest BCUT2D eigenvalue weighted by Gasteiger charge is -2.36. The molecule has 6 nitrogen and oxygen atoms in total. The maximum atomic E-state index is 11.8. The summed E-state index contributed by atoms with van der Waals surface area (Å²) in [6.07, 6.45) is 0. The second-order valence-corrected chi connectivity index (χ2v) is 3.77. The van der Waals surface area contributed by atoms with Crippen LogP contribution in [0.1, 0.15) is 10.4 Å². The van der Waals surface area contributed by atoms with Gasteiger partial charge in [0.15, 0.2) is 0 Å². The van der Waals surface area contributed by atoms with E-state index in [4.69, 9.17) is 5.73 Å². The molecule has 0 radical (unpaired) electrons. The molecule has 16 heavy (non-hydrogen) atoms. The number of benzene rings is 1. The van der Waals surface area contributed by atoms with Gasteiger partial charge in [0.1, 0.15) is 0 Å². The van der Waals surface area contributed by atoms with E-state index in [9.17, 15) is 14.9 Å². The van der Waals surface area contributed by atoms with Crippen molar-refractivity contribution in [2.24, 2.45) is 5.73 Å². The second-order valence-electron chi connectivity index (χ2n) is 3.77. The maximum absolute atomic E-state index is 11.8. The number of nitro groups is 1. The van der Waals surface area contributed by atoms with Crippen LogP contribution in [0, 0.1) is 10.1 Å². The Morgan fingerprint density at radius 3 is 2.38 bits per heavy atom. The second kappa shape index (κ2) is 3.90. The molecule has 2 rings (SSSR count). The number of nitrogens with zero attached hydrogens (tertiary/aromatic N) is 2. The van der Waals surface area contributed by atoms with Crippen molar-refractivity contribution in [2.75, 3.05) is 13.1 Å². The molecule has 84 valence electrons. The van der Waals surface area contributed by atoms with Crippen LogP contribution in [0.15, 0.2) is 24.3 Å². The number of nitrogens with two attached hydrogens (primary N) is 1. The lowest BCUT2D eigenvalue weighted by atomic mass is 10.1. The van der Waals surface area contributed by atoms with Crippen LogP contribution in [0.3, 0.4) is 0 Å². The first-order valence-electron chi connectivity index (χ1n) is 4.87. The van der Waals surface area contributed by atoms with Gasteiger partial charge in [-0.15, -0.1) is 0 Å². The molecule has 0 unspecified atom stereocenters. The van der Waals surface area contributed by atoms with Crippen LogP contribution in [-0.4, -0.2) is 34.9 Å². The Labute approximate surface area is 91.8 Å². The van der Waals surface area contributed by atoms with E-state index in [0.29, 0.717) is 18.7 Å². The van der Waals surface area contributed by atoms with Crippen LogP contribution in [0.5, 0.6) is 0 Å². The predicted octanol–water partition coefficient (Wildman–Crippen LogP) is 0.378. The quantitative estimate of drug-likeness (QED) is 0.577. The van der Waals surface area contributed by atoms with Crippen LogP contribution in [0.2, 0.25) is 0 Å². The van der Waals surface area contributed by atoms with E-state index >= 15 is 0 Å². The van der Waals surface area contributed by atoms with E-state index in [1.54, 1.807) is 4.90 Å². The Hall–Kier alpha value is -1.95. The first-order chi connectivity index (χ1) is 7.58. The Morgan fingerprint density at radius 1 is 1.38 bits per heavy atom. The van der Waals surface area contributed by atoms with Crippen LogP contribution < -0.4 is 5.73 Å². The summed E-state index contributed by atoms with van der Waals surface area (Å²) in [5.41, 5.74) is 6.00. The summed E-state index contributed by atoms with van der Waals surface area (Å²) < 4.78 is 0. The fourth-order valence-corrected chi connectivity index (χ4v) is 1.59. The van der Waals surface area contributed by atoms with Gasteiger partial charge in [0.05, 0.1) is 4.92 Å². The summed E-state index contributed by atoms with van der Waals surface area (Å²) in [6, 6.07) is 5.64. The molecule has 2 N–H and O–H groups in total. The third kappa shape index (κ3) is 1.87. The van der Waals surface area contributed by atoms with Crippen molar-refractivity contribution >= 4 is 11.6 Å². The van der Waals surface area contributed by atoms with Gasteiger partial charge in [-0.3, -0.25) is 14.9 Å². The minimum Gasteiger partial charge on any atom is -0.335 e. The standard InChI is InChI=1S/C10H11N3O3/c11-8-5-12(6-8)10(14)7-1-3-9(4-2-7)13(15)16/h1-4,8H,5-6,11H2. The third-order valence-electron chi connectivity index (χ3n) is 2.52. The highest BCUT2D eigenvalue weighted by Crippen LogP contribution is 2.16. The lowest BCUT2D eigenvalue weighted by molar-refractivity contribution is -0.384. The number of hydrogen-bond donors (Lipinski definition) is 1. The van der Waals surface area contributed by atoms with Crippen molar-refractivity contribution in [1.29, 1.82) is 0 Å². The molecule has 1 fully saturated rings. The lowest BCUT2D eigenvalue weighted by Crippen LogP contribution is -2.57. The Morgan fingerprint density at radius 2 is 1.94 bits per heavy atom. The summed E-state index contributed by atoms with van der Waals surface area (Å²) in [7, 11) is 0. The first-order valence-corrected chi connectivity index (χ1v) is 4.87. The molecule has 0 spiro atoms. The molecular formula is C10H11N3O3. The molecule has 0 bridgehead atoms. The average molecular weight is 221 g/mol. The van der Waals surface area contributed by atoms with Crippen LogP contribution in [0.25, 0.3) is 0 Å². The van der Waals surface area contributed by atoms with E-state index in [2.05, 4.69) is 0 Å². The van der Waals surface area contributed by atoms with Gasteiger partial charge in [0.2, 0.25) is 0 Å². The minimum absolute atomic E-state index is 0.0168. The predicted molar refractivity (Wildman–Crippen MR) is 57.0 cm³/mol. The van der Waals surface area contributed by atoms with E-state index in [1.807, 2.05) is 0 Å². The molecule has 1 heterocycles. The number of hydrogen-bond acceptors (Lipinski definition) is 4. The molecule has 1 aromatic rings. The molecule has 1 aliphatic heterocycles. The summed E-state index contributed by atoms with van der Waals surface area (Å²) in [5.74, 6) is -0.128. The summed E-state index contributed by atoms with van der Waals surface area (Å²) >= 11 is 0. The average Bonchev–Trinajstić information content (AvgIpc) is 2.24. The van der Waals surface area contributed by atoms with Crippen LogP contribution in [-0.2, 0) is 0 Å².